The van der Waals surface area contributed by atoms with Gasteiger partial charge in [0, 0.05) is 12.1 Å². The molecule has 22 heavy (non-hydrogen) atoms. The van der Waals surface area contributed by atoms with Crippen molar-refractivity contribution in [1.29, 1.82) is 0 Å². The van der Waals surface area contributed by atoms with Crippen LogP contribution in [0.5, 0.6) is 11.5 Å². The molecule has 118 valence electrons. The molecule has 7 heteroatoms. The van der Waals surface area contributed by atoms with E-state index in [1.165, 1.54) is 6.07 Å². The van der Waals surface area contributed by atoms with E-state index in [9.17, 15) is 15.0 Å². The summed E-state index contributed by atoms with van der Waals surface area (Å²) >= 11 is 0. The van der Waals surface area contributed by atoms with Gasteiger partial charge in [0.25, 0.3) is 5.91 Å². The maximum absolute atomic E-state index is 11.5. The third kappa shape index (κ3) is 2.61. The third-order valence-corrected chi connectivity index (χ3v) is 3.44. The van der Waals surface area contributed by atoms with E-state index >= 15 is 0 Å². The summed E-state index contributed by atoms with van der Waals surface area (Å²) in [6.45, 7) is 7.58. The lowest BCUT2D eigenvalue weighted by Gasteiger charge is -2.16. The molecule has 0 saturated heterocycles. The fourth-order valence-corrected chi connectivity index (χ4v) is 2.37. The number of aromatic nitrogens is 3. The van der Waals surface area contributed by atoms with Crippen LogP contribution in [-0.2, 0) is 0 Å². The van der Waals surface area contributed by atoms with Gasteiger partial charge in [-0.3, -0.25) is 4.79 Å². The van der Waals surface area contributed by atoms with E-state index in [0.29, 0.717) is 17.0 Å². The fourth-order valence-electron chi connectivity index (χ4n) is 2.37. The summed E-state index contributed by atoms with van der Waals surface area (Å²) < 4.78 is 1.57. The molecule has 1 amide bonds. The van der Waals surface area contributed by atoms with E-state index in [-0.39, 0.29) is 29.3 Å². The minimum atomic E-state index is -0.685. The number of hydrogen-bond acceptors (Lipinski definition) is 5. The summed E-state index contributed by atoms with van der Waals surface area (Å²) in [5.74, 6) is -0.374. The van der Waals surface area contributed by atoms with Gasteiger partial charge >= 0.3 is 0 Å². The highest BCUT2D eigenvalue weighted by Gasteiger charge is 2.23. The van der Waals surface area contributed by atoms with E-state index in [1.54, 1.807) is 10.6 Å². The first-order valence-electron chi connectivity index (χ1n) is 7.05. The summed E-state index contributed by atoms with van der Waals surface area (Å²) in [6.07, 6.45) is 0. The van der Waals surface area contributed by atoms with Crippen LogP contribution < -0.4 is 5.73 Å². The summed E-state index contributed by atoms with van der Waals surface area (Å²) in [5, 5.41) is 27.9. The van der Waals surface area contributed by atoms with Crippen LogP contribution in [0.4, 0.5) is 0 Å². The van der Waals surface area contributed by atoms with Crippen LogP contribution in [0.2, 0.25) is 0 Å². The van der Waals surface area contributed by atoms with Gasteiger partial charge in [-0.05, 0) is 31.4 Å². The number of primary amides is 1. The van der Waals surface area contributed by atoms with Crippen LogP contribution in [0.3, 0.4) is 0 Å². The van der Waals surface area contributed by atoms with Crippen LogP contribution >= 0.6 is 0 Å². The van der Waals surface area contributed by atoms with Crippen molar-refractivity contribution in [3.8, 4) is 22.9 Å². The van der Waals surface area contributed by atoms with Crippen molar-refractivity contribution in [2.45, 2.75) is 39.7 Å². The molecule has 0 aliphatic rings. The van der Waals surface area contributed by atoms with Crippen molar-refractivity contribution < 1.29 is 15.0 Å². The molecule has 0 fully saturated rings. The van der Waals surface area contributed by atoms with E-state index in [0.717, 1.165) is 0 Å². The van der Waals surface area contributed by atoms with Gasteiger partial charge in [-0.15, -0.1) is 10.2 Å². The SMILES string of the molecule is CC(C)c1cc(-c2nnc(C(N)=O)n2C(C)C)c(O)cc1O. The minimum absolute atomic E-state index is 0.0157. The summed E-state index contributed by atoms with van der Waals surface area (Å²) in [6, 6.07) is 2.81. The number of phenolic OH excluding ortho intramolecular Hbond substituents is 2. The lowest BCUT2D eigenvalue weighted by atomic mass is 9.98. The van der Waals surface area contributed by atoms with Gasteiger partial charge in [0.05, 0.1) is 5.56 Å². The Labute approximate surface area is 128 Å². The highest BCUT2D eigenvalue weighted by Crippen LogP contribution is 2.37. The Kier molecular flexibility index (Phi) is 4.07. The Hall–Kier alpha value is -2.57. The molecular formula is C15H20N4O3. The molecule has 4 N–H and O–H groups in total. The number of aromatic hydroxyl groups is 2. The van der Waals surface area contributed by atoms with Gasteiger partial charge in [-0.2, -0.15) is 0 Å². The van der Waals surface area contributed by atoms with Crippen molar-refractivity contribution in [3.63, 3.8) is 0 Å². The van der Waals surface area contributed by atoms with Crippen LogP contribution in [0.1, 0.15) is 55.8 Å². The molecule has 1 aromatic heterocycles. The van der Waals surface area contributed by atoms with E-state index in [1.807, 2.05) is 27.7 Å². The number of carbonyl (C=O) groups excluding carboxylic acids is 1. The zero-order chi connectivity index (χ0) is 16.6. The molecule has 2 rings (SSSR count). The van der Waals surface area contributed by atoms with E-state index < -0.39 is 5.91 Å². The van der Waals surface area contributed by atoms with Gasteiger partial charge in [0.1, 0.15) is 11.5 Å². The lowest BCUT2D eigenvalue weighted by molar-refractivity contribution is 0.0984. The third-order valence-electron chi connectivity index (χ3n) is 3.44. The first kappa shape index (κ1) is 15.8. The molecule has 1 heterocycles. The quantitative estimate of drug-likeness (QED) is 0.800. The minimum Gasteiger partial charge on any atom is -0.508 e. The number of benzene rings is 1. The van der Waals surface area contributed by atoms with Gasteiger partial charge in [0.2, 0.25) is 5.82 Å². The molecule has 0 aliphatic heterocycles. The number of phenols is 2. The van der Waals surface area contributed by atoms with Crippen molar-refractivity contribution >= 4 is 5.91 Å². The smallest absolute Gasteiger partial charge is 0.286 e. The maximum atomic E-state index is 11.5. The molecule has 0 saturated carbocycles. The zero-order valence-electron chi connectivity index (χ0n) is 13.0. The highest BCUT2D eigenvalue weighted by molar-refractivity contribution is 5.90. The average molecular weight is 304 g/mol. The molecule has 7 nitrogen and oxygen atoms in total. The van der Waals surface area contributed by atoms with Crippen LogP contribution in [0.15, 0.2) is 12.1 Å². The Morgan fingerprint density at radius 1 is 1.14 bits per heavy atom. The predicted octanol–water partition coefficient (Wildman–Crippen LogP) is 2.16. The largest absolute Gasteiger partial charge is 0.508 e. The number of carbonyl (C=O) groups is 1. The van der Waals surface area contributed by atoms with E-state index in [2.05, 4.69) is 10.2 Å². The summed E-state index contributed by atoms with van der Waals surface area (Å²) in [4.78, 5) is 11.5. The van der Waals surface area contributed by atoms with Crippen molar-refractivity contribution in [3.05, 3.63) is 23.5 Å². The predicted molar refractivity (Wildman–Crippen MR) is 81.8 cm³/mol. The Bertz CT molecular complexity index is 720. The first-order valence-corrected chi connectivity index (χ1v) is 7.05. The second kappa shape index (κ2) is 5.67. The second-order valence-electron chi connectivity index (χ2n) is 5.76. The van der Waals surface area contributed by atoms with E-state index in [4.69, 9.17) is 5.73 Å². The van der Waals surface area contributed by atoms with Gasteiger partial charge in [0.15, 0.2) is 5.82 Å². The number of nitrogens with zero attached hydrogens (tertiary/aromatic N) is 3. The maximum Gasteiger partial charge on any atom is 0.286 e. The Morgan fingerprint density at radius 3 is 2.27 bits per heavy atom. The van der Waals surface area contributed by atoms with Crippen molar-refractivity contribution in [2.24, 2.45) is 5.73 Å². The summed E-state index contributed by atoms with van der Waals surface area (Å²) in [7, 11) is 0. The summed E-state index contributed by atoms with van der Waals surface area (Å²) in [5.41, 5.74) is 6.39. The molecule has 0 bridgehead atoms. The van der Waals surface area contributed by atoms with Crippen LogP contribution in [-0.4, -0.2) is 30.9 Å². The van der Waals surface area contributed by atoms with Crippen LogP contribution in [0, 0.1) is 0 Å². The monoisotopic (exact) mass is 304 g/mol. The Balaban J connectivity index is 2.72. The number of rotatable bonds is 4. The standard InChI is InChI=1S/C15H20N4O3/c1-7(2)9-5-10(12(21)6-11(9)20)14-17-18-15(13(16)22)19(14)8(3)4/h5-8,20-21H,1-4H3,(H2,16,22). The molecule has 0 radical (unpaired) electrons. The average Bonchev–Trinajstić information content (AvgIpc) is 2.83. The molecule has 1 aromatic carbocycles. The Morgan fingerprint density at radius 2 is 1.77 bits per heavy atom. The highest BCUT2D eigenvalue weighted by atomic mass is 16.3. The zero-order valence-corrected chi connectivity index (χ0v) is 13.0. The van der Waals surface area contributed by atoms with Gasteiger partial charge in [-0.25, -0.2) is 0 Å². The topological polar surface area (TPSA) is 114 Å². The second-order valence-corrected chi connectivity index (χ2v) is 5.76. The first-order chi connectivity index (χ1) is 10.2. The number of amides is 1. The normalized spacial score (nSPS) is 11.4. The molecular weight excluding hydrogens is 284 g/mol. The molecule has 0 aliphatic carbocycles. The molecule has 0 spiro atoms. The van der Waals surface area contributed by atoms with Crippen LogP contribution in [0.25, 0.3) is 11.4 Å². The van der Waals surface area contributed by atoms with Gasteiger partial charge in [-0.1, -0.05) is 13.8 Å². The number of nitrogens with two attached hydrogens (primary N) is 1. The van der Waals surface area contributed by atoms with Crippen molar-refractivity contribution in [2.75, 3.05) is 0 Å². The molecule has 0 unspecified atom stereocenters. The molecule has 2 aromatic rings. The molecule has 0 atom stereocenters. The van der Waals surface area contributed by atoms with Gasteiger partial charge < -0.3 is 20.5 Å². The fraction of sp³-hybridized carbons (Fsp3) is 0.400. The van der Waals surface area contributed by atoms with Crippen molar-refractivity contribution in [1.82, 2.24) is 14.8 Å². The lowest BCUT2D eigenvalue weighted by Crippen LogP contribution is -2.19. The number of hydrogen-bond donors (Lipinski definition) is 3.